The Balaban J connectivity index is 1.70. The van der Waals surface area contributed by atoms with Crippen molar-refractivity contribution in [2.24, 2.45) is 0 Å². The Hall–Kier alpha value is -1.43. The summed E-state index contributed by atoms with van der Waals surface area (Å²) in [5, 5.41) is 16.1. The van der Waals surface area contributed by atoms with Gasteiger partial charge in [0.25, 0.3) is 0 Å². The van der Waals surface area contributed by atoms with Gasteiger partial charge in [-0.3, -0.25) is 15.0 Å². The lowest BCUT2D eigenvalue weighted by Gasteiger charge is -2.41. The van der Waals surface area contributed by atoms with Crippen LogP contribution in [0.1, 0.15) is 50.3 Å². The zero-order chi connectivity index (χ0) is 17.2. The van der Waals surface area contributed by atoms with E-state index in [-0.39, 0.29) is 17.4 Å². The molecule has 0 radical (unpaired) electrons. The highest BCUT2D eigenvalue weighted by atomic mass is 16.3. The molecule has 1 fully saturated rings. The summed E-state index contributed by atoms with van der Waals surface area (Å²) < 4.78 is 0. The smallest absolute Gasteiger partial charge is 0.217 e. The van der Waals surface area contributed by atoms with Crippen LogP contribution in [-0.2, 0) is 10.2 Å². The summed E-state index contributed by atoms with van der Waals surface area (Å²) in [6.45, 7) is 7.04. The van der Waals surface area contributed by atoms with E-state index >= 15 is 0 Å². The quantitative estimate of drug-likeness (QED) is 0.716. The minimum atomic E-state index is -0.452. The van der Waals surface area contributed by atoms with Crippen LogP contribution < -0.4 is 10.6 Å². The molecular weight excluding hydrogens is 302 g/mol. The van der Waals surface area contributed by atoms with Crippen LogP contribution in [0.3, 0.4) is 0 Å². The van der Waals surface area contributed by atoms with Gasteiger partial charge < -0.3 is 10.4 Å². The molecule has 0 saturated carbocycles. The van der Waals surface area contributed by atoms with Crippen molar-refractivity contribution in [2.45, 2.75) is 50.8 Å². The third-order valence-electron chi connectivity index (χ3n) is 5.56. The van der Waals surface area contributed by atoms with E-state index in [9.17, 15) is 9.90 Å². The lowest BCUT2D eigenvalue weighted by Crippen LogP contribution is -2.47. The van der Waals surface area contributed by atoms with E-state index in [0.29, 0.717) is 6.54 Å². The summed E-state index contributed by atoms with van der Waals surface area (Å²) in [5.74, 6) is 0.0399. The van der Waals surface area contributed by atoms with Crippen LogP contribution in [0.2, 0.25) is 0 Å². The molecular formula is C19H29N3O2. The molecule has 0 aromatic heterocycles. The number of nitrogens with one attached hydrogen (secondary N) is 2. The van der Waals surface area contributed by atoms with Crippen LogP contribution in [0.4, 0.5) is 0 Å². The largest absolute Gasteiger partial charge is 0.377 e. The molecule has 1 aliphatic carbocycles. The summed E-state index contributed by atoms with van der Waals surface area (Å²) in [4.78, 5) is 13.9. The second-order valence-electron chi connectivity index (χ2n) is 7.20. The average molecular weight is 331 g/mol. The van der Waals surface area contributed by atoms with Gasteiger partial charge >= 0.3 is 0 Å². The monoisotopic (exact) mass is 331 g/mol. The molecule has 5 nitrogen and oxygen atoms in total. The van der Waals surface area contributed by atoms with Crippen LogP contribution in [0.15, 0.2) is 24.3 Å². The first-order chi connectivity index (χ1) is 11.5. The number of fused-ring (bicyclic) bond motifs is 2. The molecule has 2 aliphatic rings. The second-order valence-corrected chi connectivity index (χ2v) is 7.20. The Morgan fingerprint density at radius 2 is 2.08 bits per heavy atom. The normalized spacial score (nSPS) is 23.9. The van der Waals surface area contributed by atoms with Gasteiger partial charge in [0.2, 0.25) is 5.91 Å². The summed E-state index contributed by atoms with van der Waals surface area (Å²) in [5.41, 5.74) is 2.87. The number of aliphatic hydroxyl groups is 1. The van der Waals surface area contributed by atoms with Crippen LogP contribution in [-0.4, -0.2) is 48.3 Å². The maximum Gasteiger partial charge on any atom is 0.217 e. The first kappa shape index (κ1) is 17.4. The summed E-state index contributed by atoms with van der Waals surface area (Å²) >= 11 is 0. The zero-order valence-corrected chi connectivity index (χ0v) is 14.7. The lowest BCUT2D eigenvalue weighted by atomic mass is 9.73. The number of carbonyl (C=O) groups is 1. The van der Waals surface area contributed by atoms with Crippen molar-refractivity contribution in [2.75, 3.05) is 26.2 Å². The number of aliphatic hydroxyl groups excluding tert-OH is 1. The maximum atomic E-state index is 11.6. The summed E-state index contributed by atoms with van der Waals surface area (Å²) in [6.07, 6.45) is 2.71. The molecule has 0 bridgehead atoms. The Labute approximate surface area is 144 Å². The van der Waals surface area contributed by atoms with Gasteiger partial charge in [0.05, 0.1) is 6.04 Å². The molecule has 1 amide bonds. The SMILES string of the molecule is CCNC(O)CN1CCC2(CC1)C[C@H](NC(C)=O)c1ccccc12. The number of β-amino-alcohol motifs (C(OH)–C–C–N with tert-alkyl or cyclic N) is 1. The predicted molar refractivity (Wildman–Crippen MR) is 94.7 cm³/mol. The number of nitrogens with zero attached hydrogens (tertiary/aromatic N) is 1. The topological polar surface area (TPSA) is 64.6 Å². The molecule has 132 valence electrons. The van der Waals surface area contributed by atoms with E-state index in [4.69, 9.17) is 0 Å². The van der Waals surface area contributed by atoms with Gasteiger partial charge in [-0.2, -0.15) is 0 Å². The van der Waals surface area contributed by atoms with Crippen molar-refractivity contribution in [3.05, 3.63) is 35.4 Å². The third-order valence-corrected chi connectivity index (χ3v) is 5.56. The van der Waals surface area contributed by atoms with Crippen molar-refractivity contribution < 1.29 is 9.90 Å². The zero-order valence-electron chi connectivity index (χ0n) is 14.7. The maximum absolute atomic E-state index is 11.6. The van der Waals surface area contributed by atoms with Crippen molar-refractivity contribution in [1.29, 1.82) is 0 Å². The van der Waals surface area contributed by atoms with Gasteiger partial charge in [-0.15, -0.1) is 0 Å². The molecule has 1 aliphatic heterocycles. The average Bonchev–Trinajstić information content (AvgIpc) is 2.84. The van der Waals surface area contributed by atoms with Gasteiger partial charge in [-0.1, -0.05) is 31.2 Å². The molecule has 2 atom stereocenters. The minimum Gasteiger partial charge on any atom is -0.377 e. The highest BCUT2D eigenvalue weighted by Crippen LogP contribution is 2.50. The van der Waals surface area contributed by atoms with E-state index < -0.39 is 6.23 Å². The molecule has 1 heterocycles. The first-order valence-corrected chi connectivity index (χ1v) is 9.04. The number of rotatable bonds is 5. The van der Waals surface area contributed by atoms with Gasteiger partial charge in [0.15, 0.2) is 0 Å². The van der Waals surface area contributed by atoms with Crippen LogP contribution in [0.25, 0.3) is 0 Å². The highest BCUT2D eigenvalue weighted by molar-refractivity contribution is 5.73. The molecule has 1 aromatic rings. The van der Waals surface area contributed by atoms with Crippen molar-refractivity contribution in [1.82, 2.24) is 15.5 Å². The lowest BCUT2D eigenvalue weighted by molar-refractivity contribution is -0.119. The molecule has 1 aromatic carbocycles. The molecule has 24 heavy (non-hydrogen) atoms. The number of likely N-dealkylation sites (N-methyl/N-ethyl adjacent to an activating group) is 1. The summed E-state index contributed by atoms with van der Waals surface area (Å²) in [6, 6.07) is 8.71. The minimum absolute atomic E-state index is 0.0399. The molecule has 3 N–H and O–H groups in total. The standard InChI is InChI=1S/C19H29N3O2/c1-3-20-18(24)13-22-10-8-19(9-11-22)12-17(21-14(2)23)15-6-4-5-7-16(15)19/h4-7,17-18,20,24H,3,8-13H2,1-2H3,(H,21,23)/t17-,18?/m0/s1. The van der Waals surface area contributed by atoms with Crippen molar-refractivity contribution in [3.8, 4) is 0 Å². The number of benzene rings is 1. The Bertz CT molecular complexity index is 582. The Morgan fingerprint density at radius 1 is 1.38 bits per heavy atom. The number of hydrogen-bond acceptors (Lipinski definition) is 4. The third kappa shape index (κ3) is 3.48. The fourth-order valence-electron chi connectivity index (χ4n) is 4.45. The number of likely N-dealkylation sites (tertiary alicyclic amines) is 1. The van der Waals surface area contributed by atoms with E-state index in [0.717, 1.165) is 38.9 Å². The van der Waals surface area contributed by atoms with Crippen LogP contribution in [0.5, 0.6) is 0 Å². The number of hydrogen-bond donors (Lipinski definition) is 3. The molecule has 1 spiro atoms. The van der Waals surface area contributed by atoms with Gasteiger partial charge in [-0.05, 0) is 50.0 Å². The van der Waals surface area contributed by atoms with Crippen LogP contribution in [0, 0.1) is 0 Å². The van der Waals surface area contributed by atoms with Crippen molar-refractivity contribution >= 4 is 5.91 Å². The molecule has 1 unspecified atom stereocenters. The fraction of sp³-hybridized carbons (Fsp3) is 0.632. The molecule has 1 saturated heterocycles. The van der Waals surface area contributed by atoms with Crippen LogP contribution >= 0.6 is 0 Å². The van der Waals surface area contributed by atoms with E-state index in [1.54, 1.807) is 6.92 Å². The van der Waals surface area contributed by atoms with Gasteiger partial charge in [0.1, 0.15) is 6.23 Å². The Kier molecular flexibility index (Phi) is 5.23. The van der Waals surface area contributed by atoms with E-state index in [1.807, 2.05) is 6.92 Å². The number of amides is 1. The summed E-state index contributed by atoms with van der Waals surface area (Å²) in [7, 11) is 0. The predicted octanol–water partition coefficient (Wildman–Crippen LogP) is 1.53. The number of carbonyl (C=O) groups excluding carboxylic acids is 1. The van der Waals surface area contributed by atoms with Crippen molar-refractivity contribution in [3.63, 3.8) is 0 Å². The van der Waals surface area contributed by atoms with E-state index in [2.05, 4.69) is 39.8 Å². The highest BCUT2D eigenvalue weighted by Gasteiger charge is 2.45. The molecule has 3 rings (SSSR count). The molecule has 5 heteroatoms. The van der Waals surface area contributed by atoms with E-state index in [1.165, 1.54) is 11.1 Å². The number of piperidine rings is 1. The van der Waals surface area contributed by atoms with Gasteiger partial charge in [-0.25, -0.2) is 0 Å². The second kappa shape index (κ2) is 7.21. The fourth-order valence-corrected chi connectivity index (χ4v) is 4.45. The Morgan fingerprint density at radius 3 is 2.75 bits per heavy atom. The first-order valence-electron chi connectivity index (χ1n) is 9.04. The van der Waals surface area contributed by atoms with Gasteiger partial charge in [0, 0.05) is 18.9 Å².